The first-order chi connectivity index (χ1) is 7.28. The van der Waals surface area contributed by atoms with Crippen LogP contribution in [0.3, 0.4) is 0 Å². The van der Waals surface area contributed by atoms with E-state index in [0.29, 0.717) is 13.2 Å². The van der Waals surface area contributed by atoms with Crippen LogP contribution in [0.15, 0.2) is 18.2 Å². The molecule has 2 N–H and O–H groups in total. The van der Waals surface area contributed by atoms with Gasteiger partial charge in [0.05, 0.1) is 0 Å². The molecule has 1 aromatic rings. The van der Waals surface area contributed by atoms with E-state index in [-0.39, 0.29) is 5.54 Å². The standard InChI is InChI=1S/C12H15NO2/c13-12(4-1-5-12)9-2-3-10-11(8-9)15-7-6-14-10/h2-3,8H,1,4-7,13H2. The molecular formula is C12H15NO2. The maximum atomic E-state index is 6.26. The van der Waals surface area contributed by atoms with Crippen molar-refractivity contribution in [2.75, 3.05) is 13.2 Å². The van der Waals surface area contributed by atoms with E-state index in [2.05, 4.69) is 6.07 Å². The Hall–Kier alpha value is -1.22. The van der Waals surface area contributed by atoms with E-state index < -0.39 is 0 Å². The minimum atomic E-state index is -0.115. The fourth-order valence-electron chi connectivity index (χ4n) is 2.20. The lowest BCUT2D eigenvalue weighted by atomic mass is 9.73. The van der Waals surface area contributed by atoms with Gasteiger partial charge < -0.3 is 15.2 Å². The predicted octanol–water partition coefficient (Wildman–Crippen LogP) is 1.80. The molecule has 15 heavy (non-hydrogen) atoms. The first kappa shape index (κ1) is 9.04. The second-order valence-corrected chi connectivity index (χ2v) is 4.37. The molecule has 0 atom stereocenters. The molecular weight excluding hydrogens is 190 g/mol. The van der Waals surface area contributed by atoms with Crippen LogP contribution in [0.5, 0.6) is 11.5 Å². The van der Waals surface area contributed by atoms with Gasteiger partial charge in [0, 0.05) is 5.54 Å². The van der Waals surface area contributed by atoms with Crippen molar-refractivity contribution in [2.45, 2.75) is 24.8 Å². The summed E-state index contributed by atoms with van der Waals surface area (Å²) in [4.78, 5) is 0. The number of fused-ring (bicyclic) bond motifs is 1. The van der Waals surface area contributed by atoms with Crippen molar-refractivity contribution in [1.29, 1.82) is 0 Å². The minimum absolute atomic E-state index is 0.115. The van der Waals surface area contributed by atoms with Crippen molar-refractivity contribution in [2.24, 2.45) is 5.73 Å². The summed E-state index contributed by atoms with van der Waals surface area (Å²) >= 11 is 0. The first-order valence-electron chi connectivity index (χ1n) is 5.47. The second kappa shape index (κ2) is 3.14. The Morgan fingerprint density at radius 3 is 2.47 bits per heavy atom. The molecule has 0 aromatic heterocycles. The van der Waals surface area contributed by atoms with Crippen LogP contribution in [0, 0.1) is 0 Å². The predicted molar refractivity (Wildman–Crippen MR) is 57.1 cm³/mol. The summed E-state index contributed by atoms with van der Waals surface area (Å²) in [6.07, 6.45) is 3.38. The van der Waals surface area contributed by atoms with Crippen molar-refractivity contribution in [3.8, 4) is 11.5 Å². The first-order valence-corrected chi connectivity index (χ1v) is 5.47. The van der Waals surface area contributed by atoms with E-state index in [0.717, 1.165) is 24.3 Å². The van der Waals surface area contributed by atoms with Gasteiger partial charge in [-0.2, -0.15) is 0 Å². The lowest BCUT2D eigenvalue weighted by Crippen LogP contribution is -2.43. The average molecular weight is 205 g/mol. The molecule has 1 fully saturated rings. The third kappa shape index (κ3) is 1.38. The van der Waals surface area contributed by atoms with Gasteiger partial charge in [0.15, 0.2) is 11.5 Å². The van der Waals surface area contributed by atoms with Crippen molar-refractivity contribution in [1.82, 2.24) is 0 Å². The highest BCUT2D eigenvalue weighted by Gasteiger charge is 2.35. The van der Waals surface area contributed by atoms with Crippen LogP contribution >= 0.6 is 0 Å². The van der Waals surface area contributed by atoms with Gasteiger partial charge in [0.2, 0.25) is 0 Å². The maximum Gasteiger partial charge on any atom is 0.161 e. The molecule has 0 bridgehead atoms. The Morgan fingerprint density at radius 2 is 1.80 bits per heavy atom. The lowest BCUT2D eigenvalue weighted by molar-refractivity contribution is 0.170. The zero-order valence-corrected chi connectivity index (χ0v) is 8.66. The summed E-state index contributed by atoms with van der Waals surface area (Å²) < 4.78 is 11.0. The Kier molecular flexibility index (Phi) is 1.89. The smallest absolute Gasteiger partial charge is 0.161 e. The molecule has 1 aromatic carbocycles. The van der Waals surface area contributed by atoms with E-state index in [4.69, 9.17) is 15.2 Å². The summed E-state index contributed by atoms with van der Waals surface area (Å²) in [6.45, 7) is 1.27. The molecule has 1 heterocycles. The molecule has 2 aliphatic rings. The number of ether oxygens (including phenoxy) is 2. The van der Waals surface area contributed by atoms with E-state index >= 15 is 0 Å². The number of nitrogens with two attached hydrogens (primary N) is 1. The molecule has 0 radical (unpaired) electrons. The van der Waals surface area contributed by atoms with Gasteiger partial charge in [0.25, 0.3) is 0 Å². The Morgan fingerprint density at radius 1 is 1.07 bits per heavy atom. The lowest BCUT2D eigenvalue weighted by Gasteiger charge is -2.39. The molecule has 0 amide bonds. The zero-order valence-electron chi connectivity index (χ0n) is 8.66. The molecule has 0 spiro atoms. The third-order valence-electron chi connectivity index (χ3n) is 3.36. The van der Waals surface area contributed by atoms with E-state index in [9.17, 15) is 0 Å². The maximum absolute atomic E-state index is 6.26. The van der Waals surface area contributed by atoms with Crippen LogP contribution in [0.1, 0.15) is 24.8 Å². The molecule has 3 nitrogen and oxygen atoms in total. The van der Waals surface area contributed by atoms with Crippen LogP contribution in [0.25, 0.3) is 0 Å². The number of benzene rings is 1. The highest BCUT2D eigenvalue weighted by Crippen LogP contribution is 2.42. The van der Waals surface area contributed by atoms with Gasteiger partial charge in [-0.1, -0.05) is 6.07 Å². The molecule has 3 heteroatoms. The average Bonchev–Trinajstić information content (AvgIpc) is 2.25. The van der Waals surface area contributed by atoms with Gasteiger partial charge in [-0.15, -0.1) is 0 Å². The van der Waals surface area contributed by atoms with Crippen molar-refractivity contribution >= 4 is 0 Å². The molecule has 0 unspecified atom stereocenters. The van der Waals surface area contributed by atoms with Gasteiger partial charge in [-0.25, -0.2) is 0 Å². The summed E-state index contributed by atoms with van der Waals surface area (Å²) in [5.41, 5.74) is 7.32. The van der Waals surface area contributed by atoms with Crippen LogP contribution in [-0.4, -0.2) is 13.2 Å². The van der Waals surface area contributed by atoms with Crippen molar-refractivity contribution in [3.05, 3.63) is 23.8 Å². The molecule has 0 saturated heterocycles. The van der Waals surface area contributed by atoms with E-state index in [1.807, 2.05) is 12.1 Å². The minimum Gasteiger partial charge on any atom is -0.486 e. The molecule has 80 valence electrons. The van der Waals surface area contributed by atoms with Gasteiger partial charge in [-0.3, -0.25) is 0 Å². The zero-order chi connectivity index (χ0) is 10.3. The topological polar surface area (TPSA) is 44.5 Å². The third-order valence-corrected chi connectivity index (χ3v) is 3.36. The number of rotatable bonds is 1. The summed E-state index contributed by atoms with van der Waals surface area (Å²) in [5.74, 6) is 1.68. The van der Waals surface area contributed by atoms with Gasteiger partial charge in [0.1, 0.15) is 13.2 Å². The number of hydrogen-bond acceptors (Lipinski definition) is 3. The Labute approximate surface area is 89.2 Å². The summed E-state index contributed by atoms with van der Waals surface area (Å²) in [7, 11) is 0. The molecule has 1 saturated carbocycles. The van der Waals surface area contributed by atoms with Gasteiger partial charge >= 0.3 is 0 Å². The number of hydrogen-bond donors (Lipinski definition) is 1. The fourth-order valence-corrected chi connectivity index (χ4v) is 2.20. The second-order valence-electron chi connectivity index (χ2n) is 4.37. The van der Waals surface area contributed by atoms with Crippen LogP contribution in [0.2, 0.25) is 0 Å². The Balaban J connectivity index is 1.97. The fraction of sp³-hybridized carbons (Fsp3) is 0.500. The highest BCUT2D eigenvalue weighted by molar-refractivity contribution is 5.46. The molecule has 1 aliphatic heterocycles. The largest absolute Gasteiger partial charge is 0.486 e. The van der Waals surface area contributed by atoms with Gasteiger partial charge in [-0.05, 0) is 37.0 Å². The Bertz CT molecular complexity index is 385. The monoisotopic (exact) mass is 205 g/mol. The summed E-state index contributed by atoms with van der Waals surface area (Å²) in [5, 5.41) is 0. The van der Waals surface area contributed by atoms with Crippen molar-refractivity contribution in [3.63, 3.8) is 0 Å². The summed E-state index contributed by atoms with van der Waals surface area (Å²) in [6, 6.07) is 6.07. The van der Waals surface area contributed by atoms with Crippen LogP contribution < -0.4 is 15.2 Å². The normalized spacial score (nSPS) is 21.9. The quantitative estimate of drug-likeness (QED) is 0.760. The molecule has 1 aliphatic carbocycles. The van der Waals surface area contributed by atoms with E-state index in [1.165, 1.54) is 12.0 Å². The SMILES string of the molecule is NC1(c2ccc3c(c2)OCCO3)CCC1. The van der Waals surface area contributed by atoms with Crippen molar-refractivity contribution < 1.29 is 9.47 Å². The highest BCUT2D eigenvalue weighted by atomic mass is 16.6. The van der Waals surface area contributed by atoms with Crippen LogP contribution in [0.4, 0.5) is 0 Å². The molecule has 3 rings (SSSR count). The van der Waals surface area contributed by atoms with Crippen LogP contribution in [-0.2, 0) is 5.54 Å². The van der Waals surface area contributed by atoms with E-state index in [1.54, 1.807) is 0 Å².